The summed E-state index contributed by atoms with van der Waals surface area (Å²) in [7, 11) is 1.74. The summed E-state index contributed by atoms with van der Waals surface area (Å²) in [5.74, 6) is 0.496. The van der Waals surface area contributed by atoms with Crippen LogP contribution in [0.4, 0.5) is 0 Å². The molecule has 5 nitrogen and oxygen atoms in total. The summed E-state index contributed by atoms with van der Waals surface area (Å²) in [6.07, 6.45) is 4.40. The van der Waals surface area contributed by atoms with Crippen molar-refractivity contribution in [2.75, 3.05) is 12.3 Å². The Bertz CT molecular complexity index is 856. The Morgan fingerprint density at radius 1 is 1.36 bits per heavy atom. The summed E-state index contributed by atoms with van der Waals surface area (Å²) < 4.78 is 1.58. The Morgan fingerprint density at radius 2 is 2.12 bits per heavy atom. The van der Waals surface area contributed by atoms with Crippen molar-refractivity contribution in [3.63, 3.8) is 0 Å². The van der Waals surface area contributed by atoms with Gasteiger partial charge in [-0.1, -0.05) is 18.7 Å². The molecule has 1 aliphatic heterocycles. The van der Waals surface area contributed by atoms with Gasteiger partial charge in [-0.2, -0.15) is 0 Å². The second-order valence-electron chi connectivity index (χ2n) is 6.66. The lowest BCUT2D eigenvalue weighted by molar-refractivity contribution is -0.132. The highest BCUT2D eigenvalue weighted by Crippen LogP contribution is 2.28. The first-order chi connectivity index (χ1) is 11.9. The minimum Gasteiger partial charge on any atom is -0.339 e. The number of hydrogen-bond acceptors (Lipinski definition) is 5. The average Bonchev–Trinajstić information content (AvgIpc) is 2.90. The van der Waals surface area contributed by atoms with Gasteiger partial charge in [0.2, 0.25) is 5.91 Å². The van der Waals surface area contributed by atoms with Crippen LogP contribution in [0.2, 0.25) is 0 Å². The molecule has 1 saturated heterocycles. The number of amides is 1. The maximum absolute atomic E-state index is 12.7. The Labute approximate surface area is 156 Å². The highest BCUT2D eigenvalue weighted by Gasteiger charge is 2.25. The highest BCUT2D eigenvalue weighted by atomic mass is 32.2. The fraction of sp³-hybridized carbons (Fsp3) is 0.611. The third-order valence-electron chi connectivity index (χ3n) is 5.11. The van der Waals surface area contributed by atoms with Crippen LogP contribution < -0.4 is 5.56 Å². The van der Waals surface area contributed by atoms with Gasteiger partial charge in [-0.25, -0.2) is 4.98 Å². The van der Waals surface area contributed by atoms with Gasteiger partial charge >= 0.3 is 0 Å². The summed E-state index contributed by atoms with van der Waals surface area (Å²) in [6.45, 7) is 6.98. The molecule has 1 aliphatic rings. The third kappa shape index (κ3) is 3.49. The van der Waals surface area contributed by atoms with Crippen molar-refractivity contribution in [1.82, 2.24) is 14.5 Å². The van der Waals surface area contributed by atoms with E-state index in [1.165, 1.54) is 18.2 Å². The van der Waals surface area contributed by atoms with E-state index in [-0.39, 0.29) is 11.5 Å². The van der Waals surface area contributed by atoms with Crippen molar-refractivity contribution >= 4 is 39.2 Å². The zero-order valence-electron chi connectivity index (χ0n) is 15.3. The number of fused-ring (bicyclic) bond motifs is 1. The van der Waals surface area contributed by atoms with E-state index in [0.29, 0.717) is 22.3 Å². The Balaban J connectivity index is 1.80. The molecule has 0 aliphatic carbocycles. The minimum absolute atomic E-state index is 0.0220. The second-order valence-corrected chi connectivity index (χ2v) is 8.80. The van der Waals surface area contributed by atoms with Crippen LogP contribution in [-0.4, -0.2) is 38.7 Å². The molecule has 0 saturated carbocycles. The van der Waals surface area contributed by atoms with E-state index < -0.39 is 0 Å². The molecule has 2 aromatic heterocycles. The molecule has 3 heterocycles. The van der Waals surface area contributed by atoms with Crippen LogP contribution in [0.5, 0.6) is 0 Å². The first kappa shape index (κ1) is 18.5. The molecule has 1 unspecified atom stereocenters. The van der Waals surface area contributed by atoms with Crippen LogP contribution >= 0.6 is 23.1 Å². The molecular formula is C18H25N3O2S2. The Morgan fingerprint density at radius 3 is 2.84 bits per heavy atom. The Hall–Kier alpha value is -1.34. The van der Waals surface area contributed by atoms with E-state index in [1.54, 1.807) is 23.0 Å². The van der Waals surface area contributed by atoms with E-state index in [1.807, 2.05) is 18.7 Å². The maximum atomic E-state index is 12.7. The van der Waals surface area contributed by atoms with Crippen LogP contribution in [0, 0.1) is 13.8 Å². The third-order valence-corrected chi connectivity index (χ3v) is 7.23. The molecule has 1 fully saturated rings. The van der Waals surface area contributed by atoms with E-state index >= 15 is 0 Å². The van der Waals surface area contributed by atoms with E-state index in [9.17, 15) is 9.59 Å². The number of piperidine rings is 1. The van der Waals surface area contributed by atoms with E-state index in [4.69, 9.17) is 0 Å². The molecule has 7 heteroatoms. The quantitative estimate of drug-likeness (QED) is 0.603. The van der Waals surface area contributed by atoms with Gasteiger partial charge in [0, 0.05) is 24.5 Å². The van der Waals surface area contributed by atoms with E-state index in [0.717, 1.165) is 41.1 Å². The summed E-state index contributed by atoms with van der Waals surface area (Å²) in [5.41, 5.74) is 0.992. The lowest BCUT2D eigenvalue weighted by atomic mass is 10.0. The normalized spacial score (nSPS) is 18.1. The first-order valence-electron chi connectivity index (χ1n) is 8.83. The number of hydrogen-bond donors (Lipinski definition) is 0. The first-order valence-corrected chi connectivity index (χ1v) is 10.6. The maximum Gasteiger partial charge on any atom is 0.262 e. The van der Waals surface area contributed by atoms with Gasteiger partial charge in [0.1, 0.15) is 4.83 Å². The fourth-order valence-corrected chi connectivity index (χ4v) is 5.38. The molecule has 0 bridgehead atoms. The fourth-order valence-electron chi connectivity index (χ4n) is 3.45. The molecule has 2 aromatic rings. The van der Waals surface area contributed by atoms with Crippen LogP contribution in [-0.2, 0) is 11.8 Å². The predicted molar refractivity (Wildman–Crippen MR) is 105 cm³/mol. The number of thioether (sulfide) groups is 1. The van der Waals surface area contributed by atoms with Gasteiger partial charge in [0.25, 0.3) is 5.56 Å². The molecule has 1 atom stereocenters. The zero-order chi connectivity index (χ0) is 18.1. The van der Waals surface area contributed by atoms with Gasteiger partial charge in [-0.05, 0) is 45.1 Å². The molecule has 0 N–H and O–H groups in total. The molecule has 3 rings (SSSR count). The smallest absolute Gasteiger partial charge is 0.262 e. The lowest BCUT2D eigenvalue weighted by Crippen LogP contribution is -2.44. The standard InChI is InChI=1S/C18H25N3O2S2/c1-5-13-8-6-7-9-21(13)14(22)10-24-18-19-16-15(17(23)20(18)4)11(2)12(3)25-16/h13H,5-10H2,1-4H3. The number of carbonyl (C=O) groups is 1. The van der Waals surface area contributed by atoms with Crippen LogP contribution in [0.25, 0.3) is 10.2 Å². The summed E-state index contributed by atoms with van der Waals surface area (Å²) in [6, 6.07) is 0.365. The summed E-state index contributed by atoms with van der Waals surface area (Å²) in [5, 5.41) is 1.33. The molecule has 1 amide bonds. The average molecular weight is 380 g/mol. The lowest BCUT2D eigenvalue weighted by Gasteiger charge is -2.35. The van der Waals surface area contributed by atoms with Gasteiger partial charge in [0.15, 0.2) is 5.16 Å². The summed E-state index contributed by atoms with van der Waals surface area (Å²) in [4.78, 5) is 33.9. The molecule has 0 spiro atoms. The van der Waals surface area contributed by atoms with Gasteiger partial charge in [0.05, 0.1) is 11.1 Å². The highest BCUT2D eigenvalue weighted by molar-refractivity contribution is 7.99. The van der Waals surface area contributed by atoms with E-state index in [2.05, 4.69) is 11.9 Å². The molecule has 0 aromatic carbocycles. The number of thiophene rings is 1. The number of nitrogens with zero attached hydrogens (tertiary/aromatic N) is 3. The Kier molecular flexibility index (Phi) is 5.53. The van der Waals surface area contributed by atoms with Crippen molar-refractivity contribution in [3.8, 4) is 0 Å². The molecular weight excluding hydrogens is 354 g/mol. The van der Waals surface area contributed by atoms with Crippen molar-refractivity contribution in [2.45, 2.75) is 57.7 Å². The van der Waals surface area contributed by atoms with Crippen molar-refractivity contribution < 1.29 is 4.79 Å². The van der Waals surface area contributed by atoms with Gasteiger partial charge < -0.3 is 4.90 Å². The van der Waals surface area contributed by atoms with Crippen molar-refractivity contribution in [1.29, 1.82) is 0 Å². The zero-order valence-corrected chi connectivity index (χ0v) is 16.9. The number of aromatic nitrogens is 2. The number of carbonyl (C=O) groups excluding carboxylic acids is 1. The molecule has 25 heavy (non-hydrogen) atoms. The van der Waals surface area contributed by atoms with Gasteiger partial charge in [-0.3, -0.25) is 14.2 Å². The van der Waals surface area contributed by atoms with Crippen LogP contribution in [0.3, 0.4) is 0 Å². The minimum atomic E-state index is -0.0220. The summed E-state index contributed by atoms with van der Waals surface area (Å²) >= 11 is 2.92. The molecule has 0 radical (unpaired) electrons. The largest absolute Gasteiger partial charge is 0.339 e. The number of aryl methyl sites for hydroxylation is 2. The SMILES string of the molecule is CCC1CCCCN1C(=O)CSc1nc2sc(C)c(C)c2c(=O)n1C. The van der Waals surface area contributed by atoms with Crippen LogP contribution in [0.15, 0.2) is 9.95 Å². The van der Waals surface area contributed by atoms with Crippen molar-refractivity contribution in [2.24, 2.45) is 7.05 Å². The van der Waals surface area contributed by atoms with Crippen LogP contribution in [0.1, 0.15) is 43.0 Å². The topological polar surface area (TPSA) is 55.2 Å². The predicted octanol–water partition coefficient (Wildman–Crippen LogP) is 3.50. The monoisotopic (exact) mass is 379 g/mol. The number of likely N-dealkylation sites (tertiary alicyclic amines) is 1. The number of rotatable bonds is 4. The second kappa shape index (κ2) is 7.50. The van der Waals surface area contributed by atoms with Gasteiger partial charge in [-0.15, -0.1) is 11.3 Å². The van der Waals surface area contributed by atoms with Crippen molar-refractivity contribution in [3.05, 3.63) is 20.8 Å². The molecule has 136 valence electrons.